The van der Waals surface area contributed by atoms with Crippen molar-refractivity contribution in [2.24, 2.45) is 11.1 Å². The first-order valence-electron chi connectivity index (χ1n) is 7.02. The van der Waals surface area contributed by atoms with Gasteiger partial charge in [0.25, 0.3) is 0 Å². The normalized spacial score (nSPS) is 19.0. The first kappa shape index (κ1) is 12.5. The Morgan fingerprint density at radius 1 is 1.37 bits per heavy atom. The molecule has 2 N–H and O–H groups in total. The van der Waals surface area contributed by atoms with Crippen molar-refractivity contribution in [2.75, 3.05) is 18.0 Å². The van der Waals surface area contributed by atoms with Gasteiger partial charge in [0, 0.05) is 25.8 Å². The maximum absolute atomic E-state index is 5.95. The summed E-state index contributed by atoms with van der Waals surface area (Å²) >= 11 is 0. The van der Waals surface area contributed by atoms with Gasteiger partial charge < -0.3 is 15.0 Å². The van der Waals surface area contributed by atoms with Gasteiger partial charge in [-0.1, -0.05) is 19.9 Å². The molecule has 0 atom stereocenters. The molecule has 3 rings (SSSR count). The predicted octanol–water partition coefficient (Wildman–Crippen LogP) is 2.42. The van der Waals surface area contributed by atoms with Crippen molar-refractivity contribution in [3.63, 3.8) is 0 Å². The fourth-order valence-electron chi connectivity index (χ4n) is 3.08. The number of pyridine rings is 1. The van der Waals surface area contributed by atoms with E-state index in [1.807, 2.05) is 24.4 Å². The highest BCUT2D eigenvalue weighted by Crippen LogP contribution is 2.32. The molecule has 4 heteroatoms. The molecule has 0 aromatic carbocycles. The van der Waals surface area contributed by atoms with Gasteiger partial charge in [-0.15, -0.1) is 0 Å². The Morgan fingerprint density at radius 3 is 2.95 bits per heavy atom. The first-order valence-corrected chi connectivity index (χ1v) is 7.02. The van der Waals surface area contributed by atoms with Crippen LogP contribution in [0, 0.1) is 5.41 Å². The van der Waals surface area contributed by atoms with Crippen molar-refractivity contribution in [1.29, 1.82) is 0 Å². The fourth-order valence-corrected chi connectivity index (χ4v) is 3.08. The molecule has 1 fully saturated rings. The predicted molar refractivity (Wildman–Crippen MR) is 78.3 cm³/mol. The van der Waals surface area contributed by atoms with Crippen LogP contribution in [-0.2, 0) is 6.54 Å². The summed E-state index contributed by atoms with van der Waals surface area (Å²) in [4.78, 5) is 7.18. The highest BCUT2D eigenvalue weighted by atomic mass is 15.2. The molecule has 1 aliphatic rings. The second-order valence-corrected chi connectivity index (χ2v) is 6.20. The molecule has 19 heavy (non-hydrogen) atoms. The third-order valence-electron chi connectivity index (χ3n) is 4.00. The Kier molecular flexibility index (Phi) is 2.97. The summed E-state index contributed by atoms with van der Waals surface area (Å²) in [5.74, 6) is 1.07. The molecule has 102 valence electrons. The molecule has 0 bridgehead atoms. The first-order chi connectivity index (χ1) is 9.11. The van der Waals surface area contributed by atoms with E-state index in [0.717, 1.165) is 30.2 Å². The van der Waals surface area contributed by atoms with Gasteiger partial charge >= 0.3 is 0 Å². The van der Waals surface area contributed by atoms with Crippen LogP contribution in [-0.4, -0.2) is 22.5 Å². The van der Waals surface area contributed by atoms with E-state index in [1.54, 1.807) is 0 Å². The molecule has 4 nitrogen and oxygen atoms in total. The number of nitrogens with zero attached hydrogens (tertiary/aromatic N) is 3. The molecule has 2 aromatic rings. The van der Waals surface area contributed by atoms with Crippen molar-refractivity contribution < 1.29 is 0 Å². The minimum absolute atomic E-state index is 0.361. The standard InChI is InChI=1S/C15H22N4/c1-15(2)7-5-8-18(11-15)14-12(10-16)19-9-4-3-6-13(19)17-14/h3-4,6,9H,5,7-8,10-11,16H2,1-2H3. The maximum atomic E-state index is 5.95. The summed E-state index contributed by atoms with van der Waals surface area (Å²) in [6, 6.07) is 6.09. The van der Waals surface area contributed by atoms with Gasteiger partial charge in [0.1, 0.15) is 5.65 Å². The van der Waals surface area contributed by atoms with Crippen LogP contribution in [0.25, 0.3) is 5.65 Å². The largest absolute Gasteiger partial charge is 0.355 e. The molecule has 1 saturated heterocycles. The molecular weight excluding hydrogens is 236 g/mol. The minimum Gasteiger partial charge on any atom is -0.355 e. The highest BCUT2D eigenvalue weighted by molar-refractivity contribution is 5.56. The van der Waals surface area contributed by atoms with Gasteiger partial charge in [0.05, 0.1) is 5.69 Å². The van der Waals surface area contributed by atoms with Crippen LogP contribution in [0.5, 0.6) is 0 Å². The molecule has 0 saturated carbocycles. The van der Waals surface area contributed by atoms with E-state index < -0.39 is 0 Å². The molecule has 0 radical (unpaired) electrons. The third kappa shape index (κ3) is 2.21. The smallest absolute Gasteiger partial charge is 0.152 e. The van der Waals surface area contributed by atoms with E-state index in [4.69, 9.17) is 10.7 Å². The zero-order valence-electron chi connectivity index (χ0n) is 11.8. The SMILES string of the molecule is CC1(C)CCCN(c2nc3ccccn3c2CN)C1. The van der Waals surface area contributed by atoms with Crippen LogP contribution >= 0.6 is 0 Å². The van der Waals surface area contributed by atoms with E-state index in [2.05, 4.69) is 23.1 Å². The van der Waals surface area contributed by atoms with Gasteiger partial charge in [-0.3, -0.25) is 0 Å². The van der Waals surface area contributed by atoms with E-state index in [-0.39, 0.29) is 0 Å². The molecule has 2 aromatic heterocycles. The molecule has 3 heterocycles. The lowest BCUT2D eigenvalue weighted by Crippen LogP contribution is -2.40. The van der Waals surface area contributed by atoms with Gasteiger partial charge in [-0.05, 0) is 30.4 Å². The quantitative estimate of drug-likeness (QED) is 0.900. The lowest BCUT2D eigenvalue weighted by molar-refractivity contribution is 0.292. The topological polar surface area (TPSA) is 46.6 Å². The average Bonchev–Trinajstić information content (AvgIpc) is 2.76. The number of imidazole rings is 1. The van der Waals surface area contributed by atoms with E-state index in [1.165, 1.54) is 12.8 Å². The van der Waals surface area contributed by atoms with Crippen molar-refractivity contribution in [2.45, 2.75) is 33.2 Å². The zero-order chi connectivity index (χ0) is 13.5. The summed E-state index contributed by atoms with van der Waals surface area (Å²) in [5.41, 5.74) is 8.42. The summed E-state index contributed by atoms with van der Waals surface area (Å²) < 4.78 is 2.11. The Labute approximate surface area is 114 Å². The average molecular weight is 258 g/mol. The van der Waals surface area contributed by atoms with Crippen molar-refractivity contribution in [1.82, 2.24) is 9.38 Å². The van der Waals surface area contributed by atoms with Crippen LogP contribution in [0.1, 0.15) is 32.4 Å². The zero-order valence-corrected chi connectivity index (χ0v) is 11.8. The van der Waals surface area contributed by atoms with Crippen LogP contribution in [0.4, 0.5) is 5.82 Å². The molecule has 0 aliphatic carbocycles. The molecule has 0 unspecified atom stereocenters. The number of aromatic nitrogens is 2. The summed E-state index contributed by atoms with van der Waals surface area (Å²) in [6.45, 7) is 7.33. The van der Waals surface area contributed by atoms with Crippen LogP contribution in [0.2, 0.25) is 0 Å². The third-order valence-corrected chi connectivity index (χ3v) is 4.00. The van der Waals surface area contributed by atoms with Crippen LogP contribution < -0.4 is 10.6 Å². The second kappa shape index (κ2) is 4.53. The highest BCUT2D eigenvalue weighted by Gasteiger charge is 2.29. The van der Waals surface area contributed by atoms with Gasteiger partial charge in [0.15, 0.2) is 5.82 Å². The van der Waals surface area contributed by atoms with Crippen LogP contribution in [0.15, 0.2) is 24.4 Å². The number of hydrogen-bond donors (Lipinski definition) is 1. The van der Waals surface area contributed by atoms with E-state index in [0.29, 0.717) is 12.0 Å². The number of hydrogen-bond acceptors (Lipinski definition) is 3. The lowest BCUT2D eigenvalue weighted by atomic mass is 9.84. The van der Waals surface area contributed by atoms with Crippen LogP contribution in [0.3, 0.4) is 0 Å². The molecule has 0 amide bonds. The Bertz CT molecular complexity index is 585. The van der Waals surface area contributed by atoms with Gasteiger partial charge in [-0.2, -0.15) is 0 Å². The Hall–Kier alpha value is -1.55. The number of anilines is 1. The van der Waals surface area contributed by atoms with Crippen molar-refractivity contribution >= 4 is 11.5 Å². The molecule has 1 aliphatic heterocycles. The lowest BCUT2D eigenvalue weighted by Gasteiger charge is -2.38. The van der Waals surface area contributed by atoms with Crippen molar-refractivity contribution in [3.8, 4) is 0 Å². The van der Waals surface area contributed by atoms with Crippen molar-refractivity contribution in [3.05, 3.63) is 30.1 Å². The minimum atomic E-state index is 0.361. The van der Waals surface area contributed by atoms with E-state index >= 15 is 0 Å². The maximum Gasteiger partial charge on any atom is 0.152 e. The van der Waals surface area contributed by atoms with Gasteiger partial charge in [0.2, 0.25) is 0 Å². The van der Waals surface area contributed by atoms with E-state index in [9.17, 15) is 0 Å². The number of piperidine rings is 1. The number of rotatable bonds is 2. The number of nitrogens with two attached hydrogens (primary N) is 1. The number of fused-ring (bicyclic) bond motifs is 1. The fraction of sp³-hybridized carbons (Fsp3) is 0.533. The second-order valence-electron chi connectivity index (χ2n) is 6.20. The van der Waals surface area contributed by atoms with Gasteiger partial charge in [-0.25, -0.2) is 4.98 Å². The molecule has 0 spiro atoms. The summed E-state index contributed by atoms with van der Waals surface area (Å²) in [6.07, 6.45) is 4.56. The monoisotopic (exact) mass is 258 g/mol. The Balaban J connectivity index is 2.04. The molecular formula is C15H22N4. The summed E-state index contributed by atoms with van der Waals surface area (Å²) in [5, 5.41) is 0. The summed E-state index contributed by atoms with van der Waals surface area (Å²) in [7, 11) is 0. The Morgan fingerprint density at radius 2 is 2.21 bits per heavy atom.